The molecule has 1 fully saturated rings. The van der Waals surface area contributed by atoms with E-state index >= 15 is 0 Å². The van der Waals surface area contributed by atoms with Crippen LogP contribution in [0.2, 0.25) is 0 Å². The first-order valence-electron chi connectivity index (χ1n) is 7.74. The lowest BCUT2D eigenvalue weighted by molar-refractivity contribution is -0.122. The first-order valence-corrected chi connectivity index (χ1v) is 7.74. The Hall–Kier alpha value is -1.26. The SMILES string of the molecule is CCOC(=O)NCCC(=O)N[C@H]1CCCC[C@H]1C(C)C. The number of hydrogen-bond donors (Lipinski definition) is 2. The molecule has 0 heterocycles. The van der Waals surface area contributed by atoms with Crippen LogP contribution in [-0.2, 0) is 9.53 Å². The summed E-state index contributed by atoms with van der Waals surface area (Å²) in [5, 5.41) is 5.69. The van der Waals surface area contributed by atoms with E-state index in [1.165, 1.54) is 19.3 Å². The van der Waals surface area contributed by atoms with Crippen molar-refractivity contribution in [2.75, 3.05) is 13.2 Å². The van der Waals surface area contributed by atoms with Crippen molar-refractivity contribution in [2.24, 2.45) is 11.8 Å². The first kappa shape index (κ1) is 16.8. The van der Waals surface area contributed by atoms with Gasteiger partial charge in [0, 0.05) is 19.0 Å². The number of ether oxygens (including phenoxy) is 1. The monoisotopic (exact) mass is 284 g/mol. The van der Waals surface area contributed by atoms with Crippen molar-refractivity contribution in [1.29, 1.82) is 0 Å². The molecular weight excluding hydrogens is 256 g/mol. The van der Waals surface area contributed by atoms with Gasteiger partial charge in [0.05, 0.1) is 6.61 Å². The molecule has 0 radical (unpaired) electrons. The maximum Gasteiger partial charge on any atom is 0.407 e. The van der Waals surface area contributed by atoms with Crippen molar-refractivity contribution in [3.8, 4) is 0 Å². The van der Waals surface area contributed by atoms with E-state index in [1.807, 2.05) is 0 Å². The Labute approximate surface area is 121 Å². The molecular formula is C15H28N2O3. The second-order valence-corrected chi connectivity index (χ2v) is 5.76. The molecule has 0 spiro atoms. The lowest BCUT2D eigenvalue weighted by atomic mass is 9.78. The van der Waals surface area contributed by atoms with Gasteiger partial charge in [-0.05, 0) is 31.6 Å². The lowest BCUT2D eigenvalue weighted by Gasteiger charge is -2.34. The summed E-state index contributed by atoms with van der Waals surface area (Å²) in [5.74, 6) is 1.18. The maximum absolute atomic E-state index is 11.9. The predicted octanol–water partition coefficient (Wildman–Crippen LogP) is 2.45. The Morgan fingerprint density at radius 1 is 1.25 bits per heavy atom. The van der Waals surface area contributed by atoms with Gasteiger partial charge in [-0.3, -0.25) is 4.79 Å². The van der Waals surface area contributed by atoms with Crippen LogP contribution in [0.5, 0.6) is 0 Å². The molecule has 0 aromatic carbocycles. The van der Waals surface area contributed by atoms with Gasteiger partial charge in [-0.15, -0.1) is 0 Å². The number of carbonyl (C=O) groups excluding carboxylic acids is 2. The zero-order chi connectivity index (χ0) is 15.0. The number of nitrogens with one attached hydrogen (secondary N) is 2. The number of carbonyl (C=O) groups is 2. The molecule has 1 saturated carbocycles. The molecule has 1 aliphatic carbocycles. The van der Waals surface area contributed by atoms with Crippen molar-refractivity contribution >= 4 is 12.0 Å². The third-order valence-electron chi connectivity index (χ3n) is 3.92. The van der Waals surface area contributed by atoms with E-state index in [4.69, 9.17) is 4.74 Å². The van der Waals surface area contributed by atoms with E-state index in [0.717, 1.165) is 6.42 Å². The molecule has 2 atom stereocenters. The number of hydrogen-bond acceptors (Lipinski definition) is 3. The summed E-state index contributed by atoms with van der Waals surface area (Å²) < 4.78 is 4.74. The van der Waals surface area contributed by atoms with Crippen molar-refractivity contribution < 1.29 is 14.3 Å². The van der Waals surface area contributed by atoms with Gasteiger partial charge >= 0.3 is 6.09 Å². The molecule has 5 nitrogen and oxygen atoms in total. The van der Waals surface area contributed by atoms with Gasteiger partial charge in [-0.2, -0.15) is 0 Å². The van der Waals surface area contributed by atoms with Gasteiger partial charge in [-0.25, -0.2) is 4.79 Å². The summed E-state index contributed by atoms with van der Waals surface area (Å²) in [4.78, 5) is 23.0. The standard InChI is InChI=1S/C15H28N2O3/c1-4-20-15(19)16-10-9-14(18)17-13-8-6-5-7-12(13)11(2)3/h11-13H,4-10H2,1-3H3,(H,16,19)(H,17,18)/t12-,13-/m0/s1. The third kappa shape index (κ3) is 5.80. The molecule has 0 unspecified atom stereocenters. The molecule has 1 rings (SSSR count). The van der Waals surface area contributed by atoms with Crippen LogP contribution < -0.4 is 10.6 Å². The van der Waals surface area contributed by atoms with Gasteiger partial charge in [0.25, 0.3) is 0 Å². The second kappa shape index (κ2) is 8.82. The second-order valence-electron chi connectivity index (χ2n) is 5.76. The molecule has 1 aliphatic rings. The van der Waals surface area contributed by atoms with Crippen molar-refractivity contribution in [3.05, 3.63) is 0 Å². The van der Waals surface area contributed by atoms with Gasteiger partial charge in [0.1, 0.15) is 0 Å². The topological polar surface area (TPSA) is 67.4 Å². The summed E-state index contributed by atoms with van der Waals surface area (Å²) in [6, 6.07) is 0.291. The Morgan fingerprint density at radius 2 is 1.95 bits per heavy atom. The molecule has 2 amide bonds. The minimum atomic E-state index is -0.460. The third-order valence-corrected chi connectivity index (χ3v) is 3.92. The molecule has 0 aromatic rings. The summed E-state index contributed by atoms with van der Waals surface area (Å²) >= 11 is 0. The molecule has 0 bridgehead atoms. The Kier molecular flexibility index (Phi) is 7.41. The fourth-order valence-corrected chi connectivity index (χ4v) is 2.88. The number of rotatable bonds is 6. The van der Waals surface area contributed by atoms with Crippen LogP contribution in [0, 0.1) is 11.8 Å². The van der Waals surface area contributed by atoms with Crippen LogP contribution in [0.25, 0.3) is 0 Å². The fraction of sp³-hybridized carbons (Fsp3) is 0.867. The highest BCUT2D eigenvalue weighted by molar-refractivity contribution is 5.77. The van der Waals surface area contributed by atoms with E-state index in [2.05, 4.69) is 24.5 Å². The normalized spacial score (nSPS) is 22.4. The smallest absolute Gasteiger partial charge is 0.407 e. The van der Waals surface area contributed by atoms with Crippen LogP contribution in [0.15, 0.2) is 0 Å². The van der Waals surface area contributed by atoms with E-state index in [-0.39, 0.29) is 5.91 Å². The molecule has 0 aliphatic heterocycles. The van der Waals surface area contributed by atoms with Gasteiger partial charge in [-0.1, -0.05) is 26.7 Å². The van der Waals surface area contributed by atoms with Crippen molar-refractivity contribution in [2.45, 2.75) is 58.9 Å². The summed E-state index contributed by atoms with van der Waals surface area (Å²) in [6.45, 7) is 6.86. The van der Waals surface area contributed by atoms with E-state index in [0.29, 0.717) is 37.5 Å². The van der Waals surface area contributed by atoms with E-state index in [9.17, 15) is 9.59 Å². The van der Waals surface area contributed by atoms with Crippen LogP contribution >= 0.6 is 0 Å². The van der Waals surface area contributed by atoms with Crippen LogP contribution in [-0.4, -0.2) is 31.2 Å². The Bertz CT molecular complexity index is 318. The number of alkyl carbamates (subject to hydrolysis) is 1. The predicted molar refractivity (Wildman–Crippen MR) is 78.4 cm³/mol. The summed E-state index contributed by atoms with van der Waals surface area (Å²) in [6.07, 6.45) is 4.57. The zero-order valence-electron chi connectivity index (χ0n) is 12.9. The Morgan fingerprint density at radius 3 is 2.60 bits per heavy atom. The van der Waals surface area contributed by atoms with Crippen LogP contribution in [0.1, 0.15) is 52.9 Å². The highest BCUT2D eigenvalue weighted by Gasteiger charge is 2.28. The molecule has 20 heavy (non-hydrogen) atoms. The highest BCUT2D eigenvalue weighted by atomic mass is 16.5. The van der Waals surface area contributed by atoms with Gasteiger partial charge < -0.3 is 15.4 Å². The lowest BCUT2D eigenvalue weighted by Crippen LogP contribution is -2.44. The largest absolute Gasteiger partial charge is 0.450 e. The van der Waals surface area contributed by atoms with E-state index < -0.39 is 6.09 Å². The maximum atomic E-state index is 11.9. The van der Waals surface area contributed by atoms with Gasteiger partial charge in [0.15, 0.2) is 0 Å². The minimum absolute atomic E-state index is 0.0133. The zero-order valence-corrected chi connectivity index (χ0v) is 12.9. The molecule has 0 aromatic heterocycles. The van der Waals surface area contributed by atoms with Crippen molar-refractivity contribution in [1.82, 2.24) is 10.6 Å². The Balaban J connectivity index is 2.28. The molecule has 0 saturated heterocycles. The van der Waals surface area contributed by atoms with Crippen LogP contribution in [0.4, 0.5) is 4.79 Å². The van der Waals surface area contributed by atoms with Gasteiger partial charge in [0.2, 0.25) is 5.91 Å². The molecule has 116 valence electrons. The molecule has 2 N–H and O–H groups in total. The fourth-order valence-electron chi connectivity index (χ4n) is 2.88. The number of amides is 2. The van der Waals surface area contributed by atoms with Crippen LogP contribution in [0.3, 0.4) is 0 Å². The highest BCUT2D eigenvalue weighted by Crippen LogP contribution is 2.30. The first-order chi connectivity index (χ1) is 9.54. The summed E-state index contributed by atoms with van der Waals surface area (Å²) in [7, 11) is 0. The van der Waals surface area contributed by atoms with Crippen molar-refractivity contribution in [3.63, 3.8) is 0 Å². The van der Waals surface area contributed by atoms with E-state index in [1.54, 1.807) is 6.92 Å². The quantitative estimate of drug-likeness (QED) is 0.787. The molecule has 5 heteroatoms. The summed E-state index contributed by atoms with van der Waals surface area (Å²) in [5.41, 5.74) is 0. The average Bonchev–Trinajstić information content (AvgIpc) is 2.39. The average molecular weight is 284 g/mol. The minimum Gasteiger partial charge on any atom is -0.450 e.